The fraction of sp³-hybridized carbons (Fsp3) is 0.400. The van der Waals surface area contributed by atoms with E-state index in [2.05, 4.69) is 6.58 Å². The summed E-state index contributed by atoms with van der Waals surface area (Å²) in [5.74, 6) is 0. The van der Waals surface area contributed by atoms with Gasteiger partial charge in [0.25, 0.3) is 0 Å². The summed E-state index contributed by atoms with van der Waals surface area (Å²) in [6.45, 7) is 6.09. The zero-order valence-electron chi connectivity index (χ0n) is 11.2. The molecule has 1 aliphatic carbocycles. The minimum absolute atomic E-state index is 0.299. The Morgan fingerprint density at radius 1 is 1.47 bits per heavy atom. The molecule has 2 rings (SSSR count). The largest absolute Gasteiger partial charge is 0.465 e. The van der Waals surface area contributed by atoms with Crippen LogP contribution in [-0.2, 0) is 6.54 Å². The highest BCUT2D eigenvalue weighted by Crippen LogP contribution is 2.46. The SMILES string of the molecule is C=C(C)C(N)C1(N(Cc2ccccc2)C(=O)O)CC1. The van der Waals surface area contributed by atoms with E-state index in [0.29, 0.717) is 6.54 Å². The molecule has 102 valence electrons. The van der Waals surface area contributed by atoms with E-state index in [1.807, 2.05) is 37.3 Å². The molecule has 3 N–H and O–H groups in total. The first-order chi connectivity index (χ1) is 8.97. The Labute approximate surface area is 113 Å². The highest BCUT2D eigenvalue weighted by Gasteiger charge is 2.54. The van der Waals surface area contributed by atoms with Gasteiger partial charge < -0.3 is 10.8 Å². The van der Waals surface area contributed by atoms with Crippen LogP contribution in [0.1, 0.15) is 25.3 Å². The molecule has 1 atom stereocenters. The molecule has 0 aliphatic heterocycles. The van der Waals surface area contributed by atoms with Gasteiger partial charge in [-0.3, -0.25) is 4.90 Å². The molecule has 0 saturated heterocycles. The van der Waals surface area contributed by atoms with E-state index in [0.717, 1.165) is 24.0 Å². The van der Waals surface area contributed by atoms with E-state index in [1.54, 1.807) is 0 Å². The fourth-order valence-corrected chi connectivity index (χ4v) is 2.52. The van der Waals surface area contributed by atoms with Gasteiger partial charge in [-0.2, -0.15) is 0 Å². The van der Waals surface area contributed by atoms with Crippen LogP contribution in [-0.4, -0.2) is 27.7 Å². The monoisotopic (exact) mass is 260 g/mol. The van der Waals surface area contributed by atoms with Gasteiger partial charge in [-0.15, -0.1) is 0 Å². The molecule has 1 aromatic carbocycles. The van der Waals surface area contributed by atoms with Crippen molar-refractivity contribution in [3.8, 4) is 0 Å². The van der Waals surface area contributed by atoms with Gasteiger partial charge in [0.15, 0.2) is 0 Å². The molecule has 0 radical (unpaired) electrons. The highest BCUT2D eigenvalue weighted by molar-refractivity contribution is 5.67. The summed E-state index contributed by atoms with van der Waals surface area (Å²) in [7, 11) is 0. The van der Waals surface area contributed by atoms with Crippen LogP contribution in [0.5, 0.6) is 0 Å². The lowest BCUT2D eigenvalue weighted by atomic mass is 9.98. The molecule has 1 unspecified atom stereocenters. The van der Waals surface area contributed by atoms with Crippen molar-refractivity contribution in [2.75, 3.05) is 0 Å². The van der Waals surface area contributed by atoms with Crippen molar-refractivity contribution in [3.05, 3.63) is 48.0 Å². The Bertz CT molecular complexity index is 480. The zero-order chi connectivity index (χ0) is 14.0. The number of rotatable bonds is 5. The quantitative estimate of drug-likeness (QED) is 0.800. The van der Waals surface area contributed by atoms with Gasteiger partial charge >= 0.3 is 6.09 Å². The molecule has 4 nitrogen and oxygen atoms in total. The van der Waals surface area contributed by atoms with Gasteiger partial charge in [0.05, 0.1) is 5.54 Å². The second kappa shape index (κ2) is 5.05. The van der Waals surface area contributed by atoms with E-state index in [9.17, 15) is 9.90 Å². The maximum absolute atomic E-state index is 11.6. The molecular formula is C15H20N2O2. The van der Waals surface area contributed by atoms with Gasteiger partial charge in [0, 0.05) is 12.6 Å². The highest BCUT2D eigenvalue weighted by atomic mass is 16.4. The van der Waals surface area contributed by atoms with E-state index >= 15 is 0 Å². The molecule has 0 spiro atoms. The third-order valence-corrected chi connectivity index (χ3v) is 3.82. The number of nitrogens with two attached hydrogens (primary N) is 1. The first-order valence-electron chi connectivity index (χ1n) is 6.43. The summed E-state index contributed by atoms with van der Waals surface area (Å²) in [5, 5.41) is 9.48. The number of carbonyl (C=O) groups is 1. The summed E-state index contributed by atoms with van der Waals surface area (Å²) in [6, 6.07) is 9.30. The Morgan fingerprint density at radius 3 is 2.47 bits per heavy atom. The fourth-order valence-electron chi connectivity index (χ4n) is 2.52. The average molecular weight is 260 g/mol. The first-order valence-corrected chi connectivity index (χ1v) is 6.43. The third kappa shape index (κ3) is 2.63. The van der Waals surface area contributed by atoms with Crippen LogP contribution < -0.4 is 5.73 Å². The predicted molar refractivity (Wildman–Crippen MR) is 74.8 cm³/mol. The summed E-state index contributed by atoms with van der Waals surface area (Å²) >= 11 is 0. The first kappa shape index (κ1) is 13.6. The molecule has 1 amide bonds. The van der Waals surface area contributed by atoms with Crippen LogP contribution in [0.3, 0.4) is 0 Å². The molecule has 0 aromatic heterocycles. The van der Waals surface area contributed by atoms with Crippen LogP contribution in [0.15, 0.2) is 42.5 Å². The Morgan fingerprint density at radius 2 is 2.05 bits per heavy atom. The number of benzene rings is 1. The lowest BCUT2D eigenvalue weighted by Crippen LogP contribution is -2.52. The Balaban J connectivity index is 2.22. The molecule has 0 bridgehead atoms. The Hall–Kier alpha value is -1.81. The summed E-state index contributed by atoms with van der Waals surface area (Å²) < 4.78 is 0. The topological polar surface area (TPSA) is 66.6 Å². The summed E-state index contributed by atoms with van der Waals surface area (Å²) in [4.78, 5) is 13.0. The molecule has 0 heterocycles. The number of hydrogen-bond acceptors (Lipinski definition) is 2. The molecule has 1 saturated carbocycles. The van der Waals surface area contributed by atoms with Crippen LogP contribution in [0.4, 0.5) is 4.79 Å². The number of nitrogens with zero attached hydrogens (tertiary/aromatic N) is 1. The van der Waals surface area contributed by atoms with E-state index in [1.165, 1.54) is 4.90 Å². The lowest BCUT2D eigenvalue weighted by molar-refractivity contribution is 0.106. The molecule has 1 aliphatic rings. The van der Waals surface area contributed by atoms with Gasteiger partial charge in [0.2, 0.25) is 0 Å². The molecule has 1 fully saturated rings. The maximum atomic E-state index is 11.6. The van der Waals surface area contributed by atoms with Crippen molar-refractivity contribution in [2.24, 2.45) is 5.73 Å². The number of amides is 1. The van der Waals surface area contributed by atoms with Gasteiger partial charge in [0.1, 0.15) is 0 Å². The van der Waals surface area contributed by atoms with Crippen molar-refractivity contribution >= 4 is 6.09 Å². The number of carboxylic acid groups (broad SMARTS) is 1. The van der Waals surface area contributed by atoms with Crippen molar-refractivity contribution in [1.82, 2.24) is 4.90 Å². The minimum Gasteiger partial charge on any atom is -0.465 e. The standard InChI is InChI=1S/C15H20N2O2/c1-11(2)13(16)15(8-9-15)17(14(18)19)10-12-6-4-3-5-7-12/h3-7,13H,1,8-10,16H2,2H3,(H,18,19). The van der Waals surface area contributed by atoms with Crippen molar-refractivity contribution in [1.29, 1.82) is 0 Å². The summed E-state index contributed by atoms with van der Waals surface area (Å²) in [5.41, 5.74) is 7.49. The predicted octanol–water partition coefficient (Wildman–Crippen LogP) is 2.60. The Kier molecular flexibility index (Phi) is 3.62. The van der Waals surface area contributed by atoms with Crippen LogP contribution in [0, 0.1) is 0 Å². The van der Waals surface area contributed by atoms with Gasteiger partial charge in [-0.05, 0) is 25.3 Å². The molecular weight excluding hydrogens is 240 g/mol. The van der Waals surface area contributed by atoms with E-state index in [-0.39, 0.29) is 6.04 Å². The second-order valence-electron chi connectivity index (χ2n) is 5.28. The number of hydrogen-bond donors (Lipinski definition) is 2. The smallest absolute Gasteiger partial charge is 0.408 e. The van der Waals surface area contributed by atoms with Crippen LogP contribution in [0.2, 0.25) is 0 Å². The molecule has 1 aromatic rings. The van der Waals surface area contributed by atoms with Crippen molar-refractivity contribution in [2.45, 2.75) is 37.9 Å². The van der Waals surface area contributed by atoms with E-state index in [4.69, 9.17) is 5.73 Å². The summed E-state index contributed by atoms with van der Waals surface area (Å²) in [6.07, 6.45) is 0.693. The third-order valence-electron chi connectivity index (χ3n) is 3.82. The minimum atomic E-state index is -0.918. The van der Waals surface area contributed by atoms with Crippen LogP contribution >= 0.6 is 0 Å². The second-order valence-corrected chi connectivity index (χ2v) is 5.28. The molecule has 4 heteroatoms. The van der Waals surface area contributed by atoms with E-state index < -0.39 is 11.6 Å². The average Bonchev–Trinajstić information content (AvgIpc) is 3.17. The molecule has 19 heavy (non-hydrogen) atoms. The maximum Gasteiger partial charge on any atom is 0.408 e. The van der Waals surface area contributed by atoms with Gasteiger partial charge in [-0.1, -0.05) is 42.5 Å². The van der Waals surface area contributed by atoms with Crippen molar-refractivity contribution < 1.29 is 9.90 Å². The normalized spacial score (nSPS) is 17.6. The lowest BCUT2D eigenvalue weighted by Gasteiger charge is -2.34. The van der Waals surface area contributed by atoms with Gasteiger partial charge in [-0.25, -0.2) is 4.79 Å². The zero-order valence-corrected chi connectivity index (χ0v) is 11.2. The van der Waals surface area contributed by atoms with Crippen LogP contribution in [0.25, 0.3) is 0 Å². The van der Waals surface area contributed by atoms with Crippen molar-refractivity contribution in [3.63, 3.8) is 0 Å².